The molecule has 2 aromatic heterocycles. The van der Waals surface area contributed by atoms with Crippen molar-refractivity contribution in [3.05, 3.63) is 89.9 Å². The van der Waals surface area contributed by atoms with Gasteiger partial charge in [0.25, 0.3) is 0 Å². The van der Waals surface area contributed by atoms with Crippen LogP contribution in [0.25, 0.3) is 17.0 Å². The first kappa shape index (κ1) is 24.5. The number of rotatable bonds is 9. The fourth-order valence-electron chi connectivity index (χ4n) is 4.86. The van der Waals surface area contributed by atoms with Crippen molar-refractivity contribution in [3.8, 4) is 0 Å². The smallest absolute Gasteiger partial charge is 0.360 e. The van der Waals surface area contributed by atoms with Crippen LogP contribution in [0.15, 0.2) is 73.1 Å². The number of methoxy groups -OCH3 is 1. The number of H-pyrrole nitrogens is 1. The van der Waals surface area contributed by atoms with E-state index in [1.807, 2.05) is 54.7 Å². The van der Waals surface area contributed by atoms with Crippen molar-refractivity contribution in [1.29, 1.82) is 0 Å². The highest BCUT2D eigenvalue weighted by Gasteiger charge is 2.37. The van der Waals surface area contributed by atoms with Crippen LogP contribution in [0.4, 0.5) is 0 Å². The first-order valence-corrected chi connectivity index (χ1v) is 12.4. The molecule has 1 amide bonds. The van der Waals surface area contributed by atoms with Crippen LogP contribution in [-0.4, -0.2) is 69.5 Å². The van der Waals surface area contributed by atoms with Crippen LogP contribution >= 0.6 is 0 Å². The molecule has 1 fully saturated rings. The summed E-state index contributed by atoms with van der Waals surface area (Å²) in [5, 5.41) is 12.4. The number of fused-ring (bicyclic) bond motifs is 1. The third kappa shape index (κ3) is 5.62. The van der Waals surface area contributed by atoms with Crippen LogP contribution in [0.2, 0.25) is 0 Å². The van der Waals surface area contributed by atoms with Gasteiger partial charge in [-0.1, -0.05) is 65.9 Å². The summed E-state index contributed by atoms with van der Waals surface area (Å²) >= 11 is 0. The number of benzene rings is 2. The average molecular weight is 499 g/mol. The van der Waals surface area contributed by atoms with Crippen LogP contribution in [0.3, 0.4) is 0 Å². The van der Waals surface area contributed by atoms with Gasteiger partial charge in [0.2, 0.25) is 5.91 Å². The van der Waals surface area contributed by atoms with Gasteiger partial charge in [-0.05, 0) is 30.0 Å². The van der Waals surface area contributed by atoms with Crippen LogP contribution in [0, 0.1) is 0 Å². The van der Waals surface area contributed by atoms with E-state index in [1.54, 1.807) is 10.9 Å². The normalized spacial score (nSPS) is 18.0. The van der Waals surface area contributed by atoms with Gasteiger partial charge in [0, 0.05) is 36.7 Å². The number of esters is 1. The van der Waals surface area contributed by atoms with Crippen LogP contribution < -0.4 is 5.32 Å². The number of hydrogen-bond acceptors (Lipinski definition) is 6. The second-order valence-corrected chi connectivity index (χ2v) is 9.15. The topological polar surface area (TPSA) is 105 Å². The highest BCUT2D eigenvalue weighted by Crippen LogP contribution is 2.27. The molecule has 1 aliphatic rings. The molecule has 5 rings (SSSR count). The van der Waals surface area contributed by atoms with Gasteiger partial charge in [0.15, 0.2) is 5.69 Å². The molecule has 0 aliphatic carbocycles. The molecule has 2 atom stereocenters. The maximum Gasteiger partial charge on any atom is 0.360 e. The van der Waals surface area contributed by atoms with E-state index in [-0.39, 0.29) is 23.7 Å². The predicted molar refractivity (Wildman–Crippen MR) is 141 cm³/mol. The summed E-state index contributed by atoms with van der Waals surface area (Å²) < 4.78 is 6.41. The van der Waals surface area contributed by atoms with Gasteiger partial charge in [-0.15, -0.1) is 5.10 Å². The number of likely N-dealkylation sites (tertiary alicyclic amines) is 1. The monoisotopic (exact) mass is 498 g/mol. The zero-order valence-electron chi connectivity index (χ0n) is 20.7. The molecule has 190 valence electrons. The van der Waals surface area contributed by atoms with Crippen molar-refractivity contribution in [2.75, 3.05) is 26.7 Å². The number of amides is 1. The van der Waals surface area contributed by atoms with E-state index in [2.05, 4.69) is 43.7 Å². The lowest BCUT2D eigenvalue weighted by atomic mass is 10.1. The van der Waals surface area contributed by atoms with Crippen molar-refractivity contribution in [1.82, 2.24) is 30.2 Å². The standard InChI is InChI=1S/C28H30N6O3/c1-37-28(36)25-19-34(32-31-25)22-16-26(33(18-22)15-7-10-20-8-3-2-4-9-20)27(35)29-14-13-21-17-30-24-12-6-5-11-23(21)24/h2-12,17,19,22,26,30H,13-16,18H2,1H3,(H,29,35)/t22-,26+/m1/s1. The van der Waals surface area contributed by atoms with Crippen LogP contribution in [-0.2, 0) is 16.0 Å². The summed E-state index contributed by atoms with van der Waals surface area (Å²) in [5.41, 5.74) is 3.54. The van der Waals surface area contributed by atoms with Gasteiger partial charge in [0.05, 0.1) is 25.4 Å². The number of nitrogens with one attached hydrogen (secondary N) is 2. The van der Waals surface area contributed by atoms with Gasteiger partial charge in [-0.25, -0.2) is 9.48 Å². The van der Waals surface area contributed by atoms with E-state index in [0.29, 0.717) is 26.1 Å². The first-order chi connectivity index (χ1) is 18.1. The van der Waals surface area contributed by atoms with Gasteiger partial charge in [-0.2, -0.15) is 0 Å². The minimum Gasteiger partial charge on any atom is -0.464 e. The number of aromatic nitrogens is 4. The van der Waals surface area contributed by atoms with Crippen molar-refractivity contribution >= 4 is 28.9 Å². The second-order valence-electron chi connectivity index (χ2n) is 9.15. The SMILES string of the molecule is COC(=O)c1cn([C@@H]2C[C@@H](C(=O)NCCc3c[nH]c4ccccc34)N(CC=Cc3ccccc3)C2)nn1. The molecular formula is C28H30N6O3. The minimum atomic E-state index is -0.529. The number of hydrogen-bond donors (Lipinski definition) is 2. The van der Waals surface area contributed by atoms with Crippen molar-refractivity contribution in [2.45, 2.75) is 24.9 Å². The molecule has 0 saturated carbocycles. The van der Waals surface area contributed by atoms with E-state index in [9.17, 15) is 9.59 Å². The molecule has 3 heterocycles. The summed E-state index contributed by atoms with van der Waals surface area (Å²) in [5.74, 6) is -0.540. The Morgan fingerprint density at radius 1 is 1.16 bits per heavy atom. The summed E-state index contributed by atoms with van der Waals surface area (Å²) in [6.07, 6.45) is 9.04. The maximum atomic E-state index is 13.3. The van der Waals surface area contributed by atoms with Crippen molar-refractivity contribution < 1.29 is 14.3 Å². The zero-order valence-corrected chi connectivity index (χ0v) is 20.7. The van der Waals surface area contributed by atoms with Crippen LogP contribution in [0.5, 0.6) is 0 Å². The number of carbonyl (C=O) groups excluding carboxylic acids is 2. The van der Waals surface area contributed by atoms with Crippen molar-refractivity contribution in [2.24, 2.45) is 0 Å². The van der Waals surface area contributed by atoms with Crippen LogP contribution in [0.1, 0.15) is 34.1 Å². The fraction of sp³-hybridized carbons (Fsp3) is 0.286. The molecule has 0 unspecified atom stereocenters. The highest BCUT2D eigenvalue weighted by atomic mass is 16.5. The van der Waals surface area contributed by atoms with Gasteiger partial charge < -0.3 is 15.0 Å². The number of para-hydroxylation sites is 1. The lowest BCUT2D eigenvalue weighted by Gasteiger charge is -2.22. The average Bonchev–Trinajstić information content (AvgIpc) is 3.68. The highest BCUT2D eigenvalue weighted by molar-refractivity contribution is 5.86. The van der Waals surface area contributed by atoms with E-state index < -0.39 is 5.97 Å². The molecule has 1 saturated heterocycles. The van der Waals surface area contributed by atoms with Gasteiger partial charge >= 0.3 is 5.97 Å². The fourth-order valence-corrected chi connectivity index (χ4v) is 4.86. The Balaban J connectivity index is 1.26. The Morgan fingerprint density at radius 3 is 2.81 bits per heavy atom. The maximum absolute atomic E-state index is 13.3. The van der Waals surface area contributed by atoms with E-state index >= 15 is 0 Å². The zero-order chi connectivity index (χ0) is 25.6. The summed E-state index contributed by atoms with van der Waals surface area (Å²) in [7, 11) is 1.31. The Kier molecular flexibility index (Phi) is 7.41. The minimum absolute atomic E-state index is 0.0104. The molecule has 2 N–H and O–H groups in total. The first-order valence-electron chi connectivity index (χ1n) is 12.4. The number of aromatic amines is 1. The lowest BCUT2D eigenvalue weighted by molar-refractivity contribution is -0.125. The third-order valence-corrected chi connectivity index (χ3v) is 6.78. The van der Waals surface area contributed by atoms with E-state index in [4.69, 9.17) is 4.74 Å². The lowest BCUT2D eigenvalue weighted by Crippen LogP contribution is -2.43. The summed E-state index contributed by atoms with van der Waals surface area (Å²) in [6, 6.07) is 17.8. The molecule has 9 nitrogen and oxygen atoms in total. The summed E-state index contributed by atoms with van der Waals surface area (Å²) in [4.78, 5) is 30.6. The second kappa shape index (κ2) is 11.2. The molecular weight excluding hydrogens is 468 g/mol. The Morgan fingerprint density at radius 2 is 1.97 bits per heavy atom. The van der Waals surface area contributed by atoms with Gasteiger partial charge in [-0.3, -0.25) is 9.69 Å². The molecule has 0 spiro atoms. The van der Waals surface area contributed by atoms with E-state index in [0.717, 1.165) is 17.5 Å². The molecule has 0 bridgehead atoms. The molecule has 0 radical (unpaired) electrons. The van der Waals surface area contributed by atoms with E-state index in [1.165, 1.54) is 18.1 Å². The number of nitrogens with zero attached hydrogens (tertiary/aromatic N) is 4. The molecule has 1 aliphatic heterocycles. The number of ether oxygens (including phenoxy) is 1. The number of carbonyl (C=O) groups is 2. The Hall–Kier alpha value is -4.24. The molecule has 2 aromatic carbocycles. The molecule has 4 aromatic rings. The quantitative estimate of drug-likeness (QED) is 0.343. The Bertz CT molecular complexity index is 1390. The Labute approximate surface area is 215 Å². The molecule has 9 heteroatoms. The predicted octanol–water partition coefficient (Wildman–Crippen LogP) is 3.23. The van der Waals surface area contributed by atoms with Crippen molar-refractivity contribution in [3.63, 3.8) is 0 Å². The largest absolute Gasteiger partial charge is 0.464 e. The third-order valence-electron chi connectivity index (χ3n) is 6.78. The molecule has 37 heavy (non-hydrogen) atoms. The van der Waals surface area contributed by atoms with Gasteiger partial charge in [0.1, 0.15) is 0 Å². The summed E-state index contributed by atoms with van der Waals surface area (Å²) in [6.45, 7) is 1.78.